The number of benzene rings is 1. The number of amides is 1. The van der Waals surface area contributed by atoms with E-state index in [2.05, 4.69) is 5.32 Å². The van der Waals surface area contributed by atoms with Crippen LogP contribution in [0.25, 0.3) is 0 Å². The number of carbonyl (C=O) groups is 1. The summed E-state index contributed by atoms with van der Waals surface area (Å²) in [7, 11) is -1.80. The van der Waals surface area contributed by atoms with E-state index in [0.717, 1.165) is 25.7 Å². The van der Waals surface area contributed by atoms with Crippen molar-refractivity contribution in [2.24, 2.45) is 0 Å². The summed E-state index contributed by atoms with van der Waals surface area (Å²) in [6.07, 6.45) is 5.10. The van der Waals surface area contributed by atoms with Crippen LogP contribution in [0.3, 0.4) is 0 Å². The van der Waals surface area contributed by atoms with Crippen molar-refractivity contribution in [3.8, 4) is 5.75 Å². The summed E-state index contributed by atoms with van der Waals surface area (Å²) in [6, 6.07) is 4.97. The monoisotopic (exact) mass is 374 g/mol. The smallest absolute Gasteiger partial charge is 0.225 e. The number of rotatable bonds is 7. The fourth-order valence-corrected chi connectivity index (χ4v) is 4.42. The molecule has 1 aromatic carbocycles. The van der Waals surface area contributed by atoms with Gasteiger partial charge < -0.3 is 10.1 Å². The minimum Gasteiger partial charge on any atom is -0.495 e. The lowest BCUT2D eigenvalue weighted by Gasteiger charge is -2.26. The maximum absolute atomic E-state index is 12.1. The van der Waals surface area contributed by atoms with Crippen molar-refractivity contribution in [3.63, 3.8) is 0 Å². The quantitative estimate of drug-likeness (QED) is 0.796. The summed E-state index contributed by atoms with van der Waals surface area (Å²) >= 11 is 6.02. The third-order valence-electron chi connectivity index (χ3n) is 4.15. The van der Waals surface area contributed by atoms with Crippen molar-refractivity contribution < 1.29 is 17.9 Å². The molecule has 8 heteroatoms. The normalized spacial score (nSPS) is 15.7. The second-order valence-corrected chi connectivity index (χ2v) is 8.30. The van der Waals surface area contributed by atoms with Crippen LogP contribution in [0.2, 0.25) is 5.02 Å². The standard InChI is InChI=1S/C16H23ClN2O4S/c1-23-15-8-7-12(11-14(15)17)18-16(20)9-10-19(24(2,21)22)13-5-3-4-6-13/h7-8,11,13H,3-6,9-10H2,1-2H3,(H,18,20). The average molecular weight is 375 g/mol. The van der Waals surface area contributed by atoms with Crippen LogP contribution < -0.4 is 10.1 Å². The Hall–Kier alpha value is -1.31. The highest BCUT2D eigenvalue weighted by atomic mass is 35.5. The zero-order valence-electron chi connectivity index (χ0n) is 13.9. The predicted molar refractivity (Wildman–Crippen MR) is 95.1 cm³/mol. The van der Waals surface area contributed by atoms with Crippen molar-refractivity contribution in [1.29, 1.82) is 0 Å². The molecule has 0 saturated heterocycles. The van der Waals surface area contributed by atoms with Crippen molar-refractivity contribution in [2.45, 2.75) is 38.1 Å². The zero-order chi connectivity index (χ0) is 17.7. The Balaban J connectivity index is 1.94. The molecule has 2 rings (SSSR count). The molecule has 1 aliphatic carbocycles. The molecule has 0 heterocycles. The number of methoxy groups -OCH3 is 1. The van der Waals surface area contributed by atoms with Gasteiger partial charge in [-0.25, -0.2) is 8.42 Å². The molecule has 134 valence electrons. The van der Waals surface area contributed by atoms with Crippen molar-refractivity contribution >= 4 is 33.2 Å². The van der Waals surface area contributed by atoms with E-state index in [1.807, 2.05) is 0 Å². The van der Waals surface area contributed by atoms with Gasteiger partial charge in [-0.3, -0.25) is 4.79 Å². The Morgan fingerprint density at radius 1 is 1.38 bits per heavy atom. The lowest BCUT2D eigenvalue weighted by molar-refractivity contribution is -0.116. The van der Waals surface area contributed by atoms with E-state index in [9.17, 15) is 13.2 Å². The zero-order valence-corrected chi connectivity index (χ0v) is 15.5. The lowest BCUT2D eigenvalue weighted by atomic mass is 10.2. The topological polar surface area (TPSA) is 75.7 Å². The third-order valence-corrected chi connectivity index (χ3v) is 5.78. The molecule has 0 aromatic heterocycles. The Morgan fingerprint density at radius 3 is 2.58 bits per heavy atom. The van der Waals surface area contributed by atoms with Gasteiger partial charge in [0, 0.05) is 24.7 Å². The van der Waals surface area contributed by atoms with E-state index < -0.39 is 10.0 Å². The molecule has 1 aliphatic rings. The molecule has 0 radical (unpaired) electrons. The second-order valence-electron chi connectivity index (χ2n) is 5.96. The molecule has 1 fully saturated rings. The molecular formula is C16H23ClN2O4S. The third kappa shape index (κ3) is 5.09. The largest absolute Gasteiger partial charge is 0.495 e. The summed E-state index contributed by atoms with van der Waals surface area (Å²) in [5.41, 5.74) is 0.553. The lowest BCUT2D eigenvalue weighted by Crippen LogP contribution is -2.39. The maximum atomic E-state index is 12.1. The first-order chi connectivity index (χ1) is 11.3. The van der Waals surface area contributed by atoms with Crippen LogP contribution in [-0.2, 0) is 14.8 Å². The number of anilines is 1. The number of hydrogen-bond acceptors (Lipinski definition) is 4. The Labute approximate surface area is 148 Å². The predicted octanol–water partition coefficient (Wildman–Crippen LogP) is 2.88. The number of carbonyl (C=O) groups excluding carboxylic acids is 1. The van der Waals surface area contributed by atoms with E-state index >= 15 is 0 Å². The van der Waals surface area contributed by atoms with E-state index in [1.54, 1.807) is 18.2 Å². The fraction of sp³-hybridized carbons (Fsp3) is 0.562. The van der Waals surface area contributed by atoms with Gasteiger partial charge in [-0.1, -0.05) is 24.4 Å². The number of hydrogen-bond donors (Lipinski definition) is 1. The van der Waals surface area contributed by atoms with E-state index in [4.69, 9.17) is 16.3 Å². The van der Waals surface area contributed by atoms with Crippen molar-refractivity contribution in [1.82, 2.24) is 4.31 Å². The van der Waals surface area contributed by atoms with Crippen LogP contribution in [-0.4, -0.2) is 44.6 Å². The number of nitrogens with zero attached hydrogens (tertiary/aromatic N) is 1. The molecule has 0 aliphatic heterocycles. The van der Waals surface area contributed by atoms with Crippen LogP contribution >= 0.6 is 11.6 Å². The number of sulfonamides is 1. The number of ether oxygens (including phenoxy) is 1. The minimum atomic E-state index is -3.32. The maximum Gasteiger partial charge on any atom is 0.225 e. The first kappa shape index (κ1) is 19.0. The molecule has 1 N–H and O–H groups in total. The van der Waals surface area contributed by atoms with Crippen LogP contribution in [0.5, 0.6) is 5.75 Å². The number of nitrogens with one attached hydrogen (secondary N) is 1. The molecule has 1 saturated carbocycles. The van der Waals surface area contributed by atoms with Gasteiger partial charge in [-0.2, -0.15) is 4.31 Å². The summed E-state index contributed by atoms with van der Waals surface area (Å²) in [4.78, 5) is 12.1. The minimum absolute atomic E-state index is 0.0169. The molecule has 24 heavy (non-hydrogen) atoms. The van der Waals surface area contributed by atoms with Gasteiger partial charge in [0.1, 0.15) is 5.75 Å². The molecule has 1 amide bonds. The van der Waals surface area contributed by atoms with Crippen LogP contribution in [0.4, 0.5) is 5.69 Å². The first-order valence-electron chi connectivity index (χ1n) is 7.91. The second kappa shape index (κ2) is 8.18. The van der Waals surface area contributed by atoms with Crippen LogP contribution in [0.1, 0.15) is 32.1 Å². The van der Waals surface area contributed by atoms with Gasteiger partial charge in [0.05, 0.1) is 18.4 Å². The Bertz CT molecular complexity index is 687. The molecule has 6 nitrogen and oxygen atoms in total. The van der Waals surface area contributed by atoms with Gasteiger partial charge in [-0.05, 0) is 31.0 Å². The van der Waals surface area contributed by atoms with Gasteiger partial charge in [-0.15, -0.1) is 0 Å². The van der Waals surface area contributed by atoms with Gasteiger partial charge in [0.2, 0.25) is 15.9 Å². The summed E-state index contributed by atoms with van der Waals surface area (Å²) in [5.74, 6) is 0.280. The molecule has 0 unspecified atom stereocenters. The highest BCUT2D eigenvalue weighted by Crippen LogP contribution is 2.28. The van der Waals surface area contributed by atoms with Crippen LogP contribution in [0, 0.1) is 0 Å². The van der Waals surface area contributed by atoms with Gasteiger partial charge in [0.25, 0.3) is 0 Å². The van der Waals surface area contributed by atoms with Gasteiger partial charge >= 0.3 is 0 Å². The molecular weight excluding hydrogens is 352 g/mol. The molecule has 0 spiro atoms. The van der Waals surface area contributed by atoms with E-state index in [1.165, 1.54) is 17.7 Å². The van der Waals surface area contributed by atoms with Crippen LogP contribution in [0.15, 0.2) is 18.2 Å². The molecule has 0 atom stereocenters. The average Bonchev–Trinajstić information content (AvgIpc) is 3.00. The SMILES string of the molecule is COc1ccc(NC(=O)CCN(C2CCCC2)S(C)(=O)=O)cc1Cl. The summed E-state index contributed by atoms with van der Waals surface area (Å²) < 4.78 is 30.5. The van der Waals surface area contributed by atoms with E-state index in [0.29, 0.717) is 16.5 Å². The number of halogens is 1. The van der Waals surface area contributed by atoms with Gasteiger partial charge in [0.15, 0.2) is 0 Å². The fourth-order valence-electron chi connectivity index (χ4n) is 2.99. The first-order valence-corrected chi connectivity index (χ1v) is 10.1. The summed E-state index contributed by atoms with van der Waals surface area (Å²) in [5, 5.41) is 3.13. The highest BCUT2D eigenvalue weighted by molar-refractivity contribution is 7.88. The molecule has 0 bridgehead atoms. The Kier molecular flexibility index (Phi) is 6.48. The van der Waals surface area contributed by atoms with Crippen molar-refractivity contribution in [3.05, 3.63) is 23.2 Å². The summed E-state index contributed by atoms with van der Waals surface area (Å²) in [6.45, 7) is 0.194. The van der Waals surface area contributed by atoms with Crippen molar-refractivity contribution in [2.75, 3.05) is 25.2 Å². The molecule has 1 aromatic rings. The van der Waals surface area contributed by atoms with E-state index in [-0.39, 0.29) is 24.9 Å². The highest BCUT2D eigenvalue weighted by Gasteiger charge is 2.29. The Morgan fingerprint density at radius 2 is 2.04 bits per heavy atom.